The summed E-state index contributed by atoms with van der Waals surface area (Å²) in [5.74, 6) is 0.132. The number of fused-ring (bicyclic) bond motifs is 1. The first-order valence-corrected chi connectivity index (χ1v) is 7.69. The van der Waals surface area contributed by atoms with E-state index in [1.165, 1.54) is 0 Å². The Hall–Kier alpha value is -2.48. The van der Waals surface area contributed by atoms with E-state index in [-0.39, 0.29) is 24.3 Å². The Bertz CT molecular complexity index is 680. The van der Waals surface area contributed by atoms with Crippen molar-refractivity contribution in [3.05, 3.63) is 30.4 Å². The molecule has 8 nitrogen and oxygen atoms in total. The predicted molar refractivity (Wildman–Crippen MR) is 83.2 cm³/mol. The Morgan fingerprint density at radius 2 is 2.30 bits per heavy atom. The third-order valence-corrected chi connectivity index (χ3v) is 3.98. The van der Waals surface area contributed by atoms with Crippen LogP contribution >= 0.6 is 0 Å². The van der Waals surface area contributed by atoms with Crippen molar-refractivity contribution in [3.63, 3.8) is 0 Å². The molecule has 3 N–H and O–H groups in total. The summed E-state index contributed by atoms with van der Waals surface area (Å²) in [5, 5.41) is 2.92. The van der Waals surface area contributed by atoms with Crippen LogP contribution in [0.5, 0.6) is 0 Å². The maximum atomic E-state index is 12.3. The summed E-state index contributed by atoms with van der Waals surface area (Å²) in [6.45, 7) is 1.96. The third-order valence-electron chi connectivity index (χ3n) is 3.98. The van der Waals surface area contributed by atoms with Crippen LogP contribution < -0.4 is 11.1 Å². The molecule has 0 spiro atoms. The summed E-state index contributed by atoms with van der Waals surface area (Å²) in [4.78, 5) is 33.7. The number of carbonyl (C=O) groups is 2. The van der Waals surface area contributed by atoms with Gasteiger partial charge in [0.15, 0.2) is 0 Å². The van der Waals surface area contributed by atoms with Gasteiger partial charge in [-0.1, -0.05) is 0 Å². The van der Waals surface area contributed by atoms with Crippen molar-refractivity contribution in [3.8, 4) is 0 Å². The zero-order valence-corrected chi connectivity index (χ0v) is 12.8. The first kappa shape index (κ1) is 15.4. The predicted octanol–water partition coefficient (Wildman–Crippen LogP) is -0.457. The van der Waals surface area contributed by atoms with E-state index in [0.29, 0.717) is 18.9 Å². The van der Waals surface area contributed by atoms with Crippen molar-refractivity contribution in [2.45, 2.75) is 19.4 Å². The van der Waals surface area contributed by atoms with E-state index in [1.807, 2.05) is 27.8 Å². The van der Waals surface area contributed by atoms with Crippen LogP contribution in [-0.4, -0.2) is 50.7 Å². The van der Waals surface area contributed by atoms with Gasteiger partial charge in [0.2, 0.25) is 17.6 Å². The van der Waals surface area contributed by atoms with Gasteiger partial charge in [-0.15, -0.1) is 0 Å². The fourth-order valence-corrected chi connectivity index (χ4v) is 2.92. The second-order valence-electron chi connectivity index (χ2n) is 5.82. The van der Waals surface area contributed by atoms with Crippen LogP contribution in [0.25, 0.3) is 5.78 Å². The van der Waals surface area contributed by atoms with Gasteiger partial charge >= 0.3 is 0 Å². The van der Waals surface area contributed by atoms with E-state index in [4.69, 9.17) is 5.73 Å². The minimum absolute atomic E-state index is 0.0100. The van der Waals surface area contributed by atoms with Crippen LogP contribution in [0.3, 0.4) is 0 Å². The number of carbonyl (C=O) groups excluding carboxylic acids is 2. The number of primary amides is 1. The Labute approximate surface area is 133 Å². The number of hydrogen-bond acceptors (Lipinski definition) is 5. The molecule has 1 aliphatic heterocycles. The highest BCUT2D eigenvalue weighted by molar-refractivity contribution is 5.79. The Kier molecular flexibility index (Phi) is 4.52. The molecule has 0 saturated carbocycles. The van der Waals surface area contributed by atoms with Gasteiger partial charge < -0.3 is 11.1 Å². The van der Waals surface area contributed by atoms with Gasteiger partial charge in [-0.2, -0.15) is 0 Å². The van der Waals surface area contributed by atoms with Crippen LogP contribution in [0.1, 0.15) is 18.5 Å². The fraction of sp³-hybridized carbons (Fsp3) is 0.467. The number of aromatic nitrogens is 3. The number of amides is 2. The highest BCUT2D eigenvalue weighted by Crippen LogP contribution is 2.16. The molecule has 2 aromatic rings. The second kappa shape index (κ2) is 6.74. The van der Waals surface area contributed by atoms with Crippen molar-refractivity contribution in [2.24, 2.45) is 11.7 Å². The molecule has 3 rings (SSSR count). The molecule has 2 amide bonds. The van der Waals surface area contributed by atoms with Gasteiger partial charge in [0, 0.05) is 25.1 Å². The summed E-state index contributed by atoms with van der Waals surface area (Å²) in [6.07, 6.45) is 7.11. The first-order valence-electron chi connectivity index (χ1n) is 7.69. The molecule has 1 saturated heterocycles. The SMILES string of the molecule is NC(=O)CN1CCC[C@H](C(=O)NCc2cn3cccnc3n2)C1. The van der Waals surface area contributed by atoms with E-state index in [9.17, 15) is 9.59 Å². The smallest absolute Gasteiger partial charge is 0.233 e. The maximum Gasteiger partial charge on any atom is 0.233 e. The van der Waals surface area contributed by atoms with E-state index in [1.54, 1.807) is 6.20 Å². The summed E-state index contributed by atoms with van der Waals surface area (Å²) < 4.78 is 1.82. The molecule has 1 aliphatic rings. The van der Waals surface area contributed by atoms with Gasteiger partial charge in [0.1, 0.15) is 0 Å². The van der Waals surface area contributed by atoms with Crippen molar-refractivity contribution in [1.82, 2.24) is 24.6 Å². The number of piperidine rings is 1. The third kappa shape index (κ3) is 3.84. The lowest BCUT2D eigenvalue weighted by Crippen LogP contribution is -2.45. The van der Waals surface area contributed by atoms with Crippen LogP contribution in [0.15, 0.2) is 24.7 Å². The number of nitrogens with two attached hydrogens (primary N) is 1. The Morgan fingerprint density at radius 1 is 1.43 bits per heavy atom. The van der Waals surface area contributed by atoms with Crippen molar-refractivity contribution in [1.29, 1.82) is 0 Å². The highest BCUT2D eigenvalue weighted by Gasteiger charge is 2.26. The second-order valence-corrected chi connectivity index (χ2v) is 5.82. The maximum absolute atomic E-state index is 12.3. The average molecular weight is 316 g/mol. The number of likely N-dealkylation sites (tertiary alicyclic amines) is 1. The Balaban J connectivity index is 1.55. The van der Waals surface area contributed by atoms with Crippen LogP contribution in [-0.2, 0) is 16.1 Å². The number of hydrogen-bond donors (Lipinski definition) is 2. The van der Waals surface area contributed by atoms with Gasteiger partial charge in [-0.3, -0.25) is 18.9 Å². The van der Waals surface area contributed by atoms with Crippen LogP contribution in [0.4, 0.5) is 0 Å². The largest absolute Gasteiger partial charge is 0.369 e. The molecule has 3 heterocycles. The van der Waals surface area contributed by atoms with Gasteiger partial charge in [0.25, 0.3) is 0 Å². The number of nitrogens with one attached hydrogen (secondary N) is 1. The van der Waals surface area contributed by atoms with Crippen molar-refractivity contribution >= 4 is 17.6 Å². The Morgan fingerprint density at radius 3 is 3.09 bits per heavy atom. The lowest BCUT2D eigenvalue weighted by molar-refractivity contribution is -0.128. The van der Waals surface area contributed by atoms with Gasteiger partial charge in [-0.25, -0.2) is 9.97 Å². The molecule has 0 radical (unpaired) electrons. The van der Waals surface area contributed by atoms with E-state index in [2.05, 4.69) is 15.3 Å². The normalized spacial score (nSPS) is 18.9. The molecule has 1 fully saturated rings. The van der Waals surface area contributed by atoms with Gasteiger partial charge in [-0.05, 0) is 25.5 Å². The van der Waals surface area contributed by atoms with E-state index in [0.717, 1.165) is 25.1 Å². The zero-order valence-electron chi connectivity index (χ0n) is 12.8. The van der Waals surface area contributed by atoms with Gasteiger partial charge in [0.05, 0.1) is 24.7 Å². The lowest BCUT2D eigenvalue weighted by Gasteiger charge is -2.30. The standard InChI is InChI=1S/C15H20N6O2/c16-13(22)10-20-5-1-3-11(8-20)14(23)18-7-12-9-21-6-2-4-17-15(21)19-12/h2,4,6,9,11H,1,3,5,7-8,10H2,(H2,16,22)(H,18,23)/t11-/m0/s1. The molecule has 0 unspecified atom stereocenters. The molecule has 1 atom stereocenters. The minimum Gasteiger partial charge on any atom is -0.369 e. The molecule has 0 aromatic carbocycles. The number of rotatable bonds is 5. The highest BCUT2D eigenvalue weighted by atomic mass is 16.2. The average Bonchev–Trinajstić information content (AvgIpc) is 2.95. The molecule has 8 heteroatoms. The zero-order chi connectivity index (χ0) is 16.2. The topological polar surface area (TPSA) is 106 Å². The molecule has 2 aromatic heterocycles. The summed E-state index contributed by atoms with van der Waals surface area (Å²) in [5.41, 5.74) is 5.98. The fourth-order valence-electron chi connectivity index (χ4n) is 2.92. The van der Waals surface area contributed by atoms with Crippen molar-refractivity contribution in [2.75, 3.05) is 19.6 Å². The van der Waals surface area contributed by atoms with E-state index < -0.39 is 0 Å². The summed E-state index contributed by atoms with van der Waals surface area (Å²) in [7, 11) is 0. The van der Waals surface area contributed by atoms with E-state index >= 15 is 0 Å². The molecular weight excluding hydrogens is 296 g/mol. The first-order chi connectivity index (χ1) is 11.1. The summed E-state index contributed by atoms with van der Waals surface area (Å²) in [6, 6.07) is 1.83. The molecule has 0 bridgehead atoms. The molecule has 23 heavy (non-hydrogen) atoms. The minimum atomic E-state index is -0.358. The number of imidazole rings is 1. The summed E-state index contributed by atoms with van der Waals surface area (Å²) >= 11 is 0. The van der Waals surface area contributed by atoms with Crippen LogP contribution in [0.2, 0.25) is 0 Å². The molecule has 122 valence electrons. The monoisotopic (exact) mass is 316 g/mol. The van der Waals surface area contributed by atoms with Crippen LogP contribution in [0, 0.1) is 5.92 Å². The lowest BCUT2D eigenvalue weighted by atomic mass is 9.97. The van der Waals surface area contributed by atoms with Crippen molar-refractivity contribution < 1.29 is 9.59 Å². The number of nitrogens with zero attached hydrogens (tertiary/aromatic N) is 4. The molecular formula is C15H20N6O2. The molecule has 0 aliphatic carbocycles. The quantitative estimate of drug-likeness (QED) is 0.777.